The van der Waals surface area contributed by atoms with Crippen LogP contribution in [0.4, 0.5) is 9.18 Å². The maximum absolute atomic E-state index is 13.1. The first-order chi connectivity index (χ1) is 14.9. The molecule has 3 atom stereocenters. The smallest absolute Gasteiger partial charge is 0.328 e. The van der Waals surface area contributed by atoms with Crippen LogP contribution in [0.1, 0.15) is 18.1 Å². The van der Waals surface area contributed by atoms with Crippen molar-refractivity contribution in [3.8, 4) is 0 Å². The summed E-state index contributed by atoms with van der Waals surface area (Å²) in [5.74, 6) is -0.509. The first kappa shape index (κ1) is 21.3. The summed E-state index contributed by atoms with van der Waals surface area (Å²) in [6.07, 6.45) is -1.06. The molecule has 3 unspecified atom stereocenters. The number of halogens is 1. The third-order valence-corrected chi connectivity index (χ3v) is 6.58. The molecule has 4 rings (SSSR count). The van der Waals surface area contributed by atoms with Crippen molar-refractivity contribution in [3.05, 3.63) is 71.5 Å². The highest BCUT2D eigenvalue weighted by Gasteiger charge is 2.44. The van der Waals surface area contributed by atoms with Gasteiger partial charge in [-0.1, -0.05) is 54.2 Å². The number of nitrogens with one attached hydrogen (secondary N) is 1. The fourth-order valence-electron chi connectivity index (χ4n) is 3.55. The lowest BCUT2D eigenvalue weighted by Gasteiger charge is -2.19. The van der Waals surface area contributed by atoms with Crippen molar-refractivity contribution in [2.45, 2.75) is 37.5 Å². The third kappa shape index (κ3) is 4.72. The highest BCUT2D eigenvalue weighted by Crippen LogP contribution is 2.32. The summed E-state index contributed by atoms with van der Waals surface area (Å²) in [4.78, 5) is 32.7. The van der Waals surface area contributed by atoms with Gasteiger partial charge in [0.25, 0.3) is 0 Å². The van der Waals surface area contributed by atoms with Crippen LogP contribution in [-0.4, -0.2) is 56.1 Å². The summed E-state index contributed by atoms with van der Waals surface area (Å²) in [6.45, 7) is 2.59. The number of aliphatic imine (C=N–C) groups is 1. The van der Waals surface area contributed by atoms with Crippen LogP contribution in [0.25, 0.3) is 0 Å². The second-order valence-corrected chi connectivity index (χ2v) is 8.64. The average molecular weight is 443 g/mol. The fourth-order valence-corrected chi connectivity index (χ4v) is 4.77. The maximum atomic E-state index is 13.1. The number of β-amino-alcohol motifs (C(OH)–C–C–N with tert-alkyl or cyclic N) is 1. The molecular weight excluding hydrogens is 419 g/mol. The lowest BCUT2D eigenvalue weighted by Crippen LogP contribution is -2.39. The van der Waals surface area contributed by atoms with Gasteiger partial charge in [-0.2, -0.15) is 0 Å². The van der Waals surface area contributed by atoms with Gasteiger partial charge in [-0.25, -0.2) is 14.1 Å². The van der Waals surface area contributed by atoms with Gasteiger partial charge in [-0.15, -0.1) is 0 Å². The number of aliphatic hydroxyl groups excluding tert-OH is 1. The van der Waals surface area contributed by atoms with E-state index < -0.39 is 11.5 Å². The highest BCUT2D eigenvalue weighted by molar-refractivity contribution is 8.15. The van der Waals surface area contributed by atoms with Crippen LogP contribution in [0.3, 0.4) is 0 Å². The van der Waals surface area contributed by atoms with Crippen molar-refractivity contribution in [2.24, 2.45) is 4.99 Å². The topological polar surface area (TPSA) is 85.2 Å². The Labute approximate surface area is 183 Å². The van der Waals surface area contributed by atoms with Crippen LogP contribution in [0.15, 0.2) is 59.6 Å². The van der Waals surface area contributed by atoms with Crippen molar-refractivity contribution in [3.63, 3.8) is 0 Å². The Morgan fingerprint density at radius 2 is 1.90 bits per heavy atom. The molecule has 0 spiro atoms. The van der Waals surface area contributed by atoms with Gasteiger partial charge >= 0.3 is 6.03 Å². The number of aliphatic hydroxyl groups is 1. The molecule has 162 valence electrons. The first-order valence-electron chi connectivity index (χ1n) is 9.99. The van der Waals surface area contributed by atoms with Crippen molar-refractivity contribution in [2.75, 3.05) is 6.54 Å². The second kappa shape index (κ2) is 9.07. The summed E-state index contributed by atoms with van der Waals surface area (Å²) in [5.41, 5.74) is 1.76. The number of benzene rings is 2. The Morgan fingerprint density at radius 1 is 1.19 bits per heavy atom. The Bertz CT molecular complexity index is 986. The number of amides is 3. The molecule has 2 aromatic carbocycles. The molecule has 2 aliphatic heterocycles. The largest absolute Gasteiger partial charge is 0.371 e. The summed E-state index contributed by atoms with van der Waals surface area (Å²) in [7, 11) is 0. The molecule has 1 fully saturated rings. The summed E-state index contributed by atoms with van der Waals surface area (Å²) < 4.78 is 13.1. The SMILES string of the molecule is CC1N=C(N2C(=O)N(Cc3ccc(F)cc3)CC2O)SC1C(=O)NCc1ccccc1. The number of hydrogen-bond donors (Lipinski definition) is 2. The van der Waals surface area contributed by atoms with E-state index in [0.717, 1.165) is 11.1 Å². The zero-order valence-electron chi connectivity index (χ0n) is 16.9. The number of carbonyl (C=O) groups is 2. The lowest BCUT2D eigenvalue weighted by molar-refractivity contribution is -0.120. The van der Waals surface area contributed by atoms with Crippen LogP contribution in [0.2, 0.25) is 0 Å². The quantitative estimate of drug-likeness (QED) is 0.745. The van der Waals surface area contributed by atoms with Gasteiger partial charge in [-0.05, 0) is 30.2 Å². The van der Waals surface area contributed by atoms with E-state index in [0.29, 0.717) is 11.7 Å². The average Bonchev–Trinajstić information content (AvgIpc) is 3.27. The van der Waals surface area contributed by atoms with Gasteiger partial charge in [0, 0.05) is 13.1 Å². The first-order valence-corrected chi connectivity index (χ1v) is 10.9. The van der Waals surface area contributed by atoms with Gasteiger partial charge in [0.05, 0.1) is 12.6 Å². The zero-order valence-corrected chi connectivity index (χ0v) is 17.8. The standard InChI is InChI=1S/C22H23FN4O3S/c1-14-19(20(29)24-11-15-5-3-2-4-6-15)31-21(25-14)27-18(28)13-26(22(27)30)12-16-7-9-17(23)10-8-16/h2-10,14,18-19,28H,11-13H2,1H3,(H,24,29). The van der Waals surface area contributed by atoms with E-state index in [2.05, 4.69) is 10.3 Å². The molecule has 2 aliphatic rings. The fraction of sp³-hybridized carbons (Fsp3) is 0.318. The summed E-state index contributed by atoms with van der Waals surface area (Å²) in [6, 6.07) is 14.8. The molecule has 1 saturated heterocycles. The highest BCUT2D eigenvalue weighted by atomic mass is 32.2. The number of hydrogen-bond acceptors (Lipinski definition) is 5. The second-order valence-electron chi connectivity index (χ2n) is 7.53. The molecule has 2 aromatic rings. The van der Waals surface area contributed by atoms with Gasteiger partial charge in [-0.3, -0.25) is 9.79 Å². The molecule has 0 aliphatic carbocycles. The van der Waals surface area contributed by atoms with Crippen LogP contribution in [-0.2, 0) is 17.9 Å². The van der Waals surface area contributed by atoms with Crippen LogP contribution in [0, 0.1) is 5.82 Å². The molecule has 31 heavy (non-hydrogen) atoms. The Kier molecular flexibility index (Phi) is 6.24. The Hall–Kier alpha value is -2.91. The van der Waals surface area contributed by atoms with Gasteiger partial charge in [0.15, 0.2) is 11.4 Å². The van der Waals surface area contributed by atoms with Crippen LogP contribution >= 0.6 is 11.8 Å². The monoisotopic (exact) mass is 442 g/mol. The molecule has 2 heterocycles. The molecule has 0 radical (unpaired) electrons. The lowest BCUT2D eigenvalue weighted by atomic mass is 10.2. The molecule has 0 aromatic heterocycles. The number of carbonyl (C=O) groups excluding carboxylic acids is 2. The molecule has 7 nitrogen and oxygen atoms in total. The van der Waals surface area contributed by atoms with Crippen molar-refractivity contribution in [1.29, 1.82) is 0 Å². The van der Waals surface area contributed by atoms with E-state index in [4.69, 9.17) is 0 Å². The molecular formula is C22H23FN4O3S. The van der Waals surface area contributed by atoms with Gasteiger partial charge < -0.3 is 15.3 Å². The van der Waals surface area contributed by atoms with E-state index in [1.807, 2.05) is 37.3 Å². The molecule has 0 bridgehead atoms. The van der Waals surface area contributed by atoms with Crippen LogP contribution in [0.5, 0.6) is 0 Å². The number of amidine groups is 1. The van der Waals surface area contributed by atoms with E-state index in [1.165, 1.54) is 33.7 Å². The van der Waals surface area contributed by atoms with Crippen LogP contribution < -0.4 is 5.32 Å². The van der Waals surface area contributed by atoms with E-state index >= 15 is 0 Å². The van der Waals surface area contributed by atoms with Gasteiger partial charge in [0.1, 0.15) is 11.1 Å². The minimum atomic E-state index is -1.06. The summed E-state index contributed by atoms with van der Waals surface area (Å²) >= 11 is 1.18. The van der Waals surface area contributed by atoms with Crippen molar-refractivity contribution < 1.29 is 19.1 Å². The van der Waals surface area contributed by atoms with E-state index in [9.17, 15) is 19.1 Å². The molecule has 2 N–H and O–H groups in total. The minimum Gasteiger partial charge on any atom is -0.371 e. The predicted molar refractivity (Wildman–Crippen MR) is 117 cm³/mol. The normalized spacial score (nSPS) is 23.3. The van der Waals surface area contributed by atoms with Crippen molar-refractivity contribution >= 4 is 28.9 Å². The van der Waals surface area contributed by atoms with E-state index in [-0.39, 0.29) is 36.9 Å². The number of rotatable bonds is 5. The number of urea groups is 1. The molecule has 0 saturated carbocycles. The number of nitrogens with zero attached hydrogens (tertiary/aromatic N) is 3. The van der Waals surface area contributed by atoms with Gasteiger partial charge in [0.2, 0.25) is 5.91 Å². The predicted octanol–water partition coefficient (Wildman–Crippen LogP) is 2.56. The van der Waals surface area contributed by atoms with Crippen molar-refractivity contribution in [1.82, 2.24) is 15.1 Å². The summed E-state index contributed by atoms with van der Waals surface area (Å²) in [5, 5.41) is 13.3. The zero-order chi connectivity index (χ0) is 22.0. The third-order valence-electron chi connectivity index (χ3n) is 5.20. The Balaban J connectivity index is 1.37. The molecule has 3 amide bonds. The Morgan fingerprint density at radius 3 is 2.61 bits per heavy atom. The molecule has 9 heteroatoms. The maximum Gasteiger partial charge on any atom is 0.328 e. The minimum absolute atomic E-state index is 0.106. The van der Waals surface area contributed by atoms with E-state index in [1.54, 1.807) is 12.1 Å². The number of thioether (sulfide) groups is 1.